The molecule has 26 heavy (non-hydrogen) atoms. The molecule has 0 bridgehead atoms. The van der Waals surface area contributed by atoms with Crippen LogP contribution >= 0.6 is 11.3 Å². The van der Waals surface area contributed by atoms with Gasteiger partial charge < -0.3 is 10.1 Å². The van der Waals surface area contributed by atoms with Crippen molar-refractivity contribution in [2.45, 2.75) is 30.6 Å². The first-order valence-electron chi connectivity index (χ1n) is 8.16. The maximum Gasteiger partial charge on any atom is 0.341 e. The summed E-state index contributed by atoms with van der Waals surface area (Å²) in [6, 6.07) is 6.02. The predicted octanol–water partition coefficient (Wildman–Crippen LogP) is 3.07. The fraction of sp³-hybridized carbons (Fsp3) is 0.333. The molecule has 0 spiro atoms. The van der Waals surface area contributed by atoms with Crippen LogP contribution in [-0.2, 0) is 27.4 Å². The minimum atomic E-state index is -3.55. The zero-order chi connectivity index (χ0) is 18.9. The molecular weight excluding hydrogens is 374 g/mol. The van der Waals surface area contributed by atoms with Crippen molar-refractivity contribution in [2.75, 3.05) is 18.7 Å². The SMILES string of the molecule is COC(=O)c1c(NC(=O)c2ccccc2S(C)(=O)=O)sc2c1CCCC2. The maximum atomic E-state index is 12.7. The van der Waals surface area contributed by atoms with Crippen LogP contribution in [0.4, 0.5) is 5.00 Å². The highest BCUT2D eigenvalue weighted by Gasteiger charge is 2.28. The van der Waals surface area contributed by atoms with Crippen LogP contribution in [0.1, 0.15) is 44.0 Å². The summed E-state index contributed by atoms with van der Waals surface area (Å²) in [5, 5.41) is 3.14. The fourth-order valence-electron chi connectivity index (χ4n) is 3.12. The van der Waals surface area contributed by atoms with Crippen molar-refractivity contribution in [1.82, 2.24) is 0 Å². The largest absolute Gasteiger partial charge is 0.465 e. The molecule has 6 nitrogen and oxygen atoms in total. The molecule has 1 N–H and O–H groups in total. The molecule has 8 heteroatoms. The second-order valence-corrected chi connectivity index (χ2v) is 9.22. The van der Waals surface area contributed by atoms with Crippen molar-refractivity contribution in [3.63, 3.8) is 0 Å². The van der Waals surface area contributed by atoms with Crippen LogP contribution in [0.15, 0.2) is 29.2 Å². The lowest BCUT2D eigenvalue weighted by atomic mass is 9.95. The summed E-state index contributed by atoms with van der Waals surface area (Å²) in [5.41, 5.74) is 1.37. The van der Waals surface area contributed by atoms with E-state index in [9.17, 15) is 18.0 Å². The fourth-order valence-corrected chi connectivity index (χ4v) is 5.28. The van der Waals surface area contributed by atoms with Gasteiger partial charge in [-0.2, -0.15) is 0 Å². The van der Waals surface area contributed by atoms with Gasteiger partial charge in [0.25, 0.3) is 5.91 Å². The maximum absolute atomic E-state index is 12.7. The molecule has 1 aliphatic carbocycles. The lowest BCUT2D eigenvalue weighted by Crippen LogP contribution is -2.17. The molecule has 138 valence electrons. The molecule has 0 radical (unpaired) electrons. The lowest BCUT2D eigenvalue weighted by Gasteiger charge is -2.12. The third-order valence-electron chi connectivity index (χ3n) is 4.32. The average Bonchev–Trinajstić information content (AvgIpc) is 2.98. The minimum Gasteiger partial charge on any atom is -0.465 e. The zero-order valence-electron chi connectivity index (χ0n) is 14.5. The van der Waals surface area contributed by atoms with E-state index in [0.29, 0.717) is 10.6 Å². The number of ether oxygens (including phenoxy) is 1. The van der Waals surface area contributed by atoms with E-state index in [-0.39, 0.29) is 10.5 Å². The Morgan fingerprint density at radius 3 is 2.54 bits per heavy atom. The third-order valence-corrected chi connectivity index (χ3v) is 6.68. The predicted molar refractivity (Wildman–Crippen MR) is 99.8 cm³/mol. The number of esters is 1. The van der Waals surface area contributed by atoms with Gasteiger partial charge in [-0.25, -0.2) is 13.2 Å². The van der Waals surface area contributed by atoms with E-state index in [1.807, 2.05) is 0 Å². The number of fused-ring (bicyclic) bond motifs is 1. The van der Waals surface area contributed by atoms with Gasteiger partial charge in [0, 0.05) is 11.1 Å². The number of methoxy groups -OCH3 is 1. The van der Waals surface area contributed by atoms with Gasteiger partial charge in [0.1, 0.15) is 5.00 Å². The topological polar surface area (TPSA) is 89.5 Å². The first kappa shape index (κ1) is 18.6. The number of carbonyl (C=O) groups is 2. The van der Waals surface area contributed by atoms with Crippen LogP contribution < -0.4 is 5.32 Å². The number of hydrogen-bond donors (Lipinski definition) is 1. The van der Waals surface area contributed by atoms with E-state index in [1.54, 1.807) is 12.1 Å². The molecule has 0 unspecified atom stereocenters. The third kappa shape index (κ3) is 3.52. The molecule has 3 rings (SSSR count). The van der Waals surface area contributed by atoms with E-state index in [2.05, 4.69) is 5.32 Å². The monoisotopic (exact) mass is 393 g/mol. The van der Waals surface area contributed by atoms with Gasteiger partial charge in [0.05, 0.1) is 23.1 Å². The standard InChI is InChI=1S/C18H19NO5S2/c1-24-18(21)15-11-7-3-5-9-13(11)25-17(15)19-16(20)12-8-4-6-10-14(12)26(2,22)23/h4,6,8,10H,3,5,7,9H2,1-2H3,(H,19,20). The van der Waals surface area contributed by atoms with Gasteiger partial charge in [-0.05, 0) is 43.4 Å². The summed E-state index contributed by atoms with van der Waals surface area (Å²) in [6.07, 6.45) is 4.71. The van der Waals surface area contributed by atoms with E-state index in [4.69, 9.17) is 4.74 Å². The number of hydrogen-bond acceptors (Lipinski definition) is 6. The first-order chi connectivity index (χ1) is 12.3. The molecule has 0 atom stereocenters. The van der Waals surface area contributed by atoms with Crippen LogP contribution in [-0.4, -0.2) is 33.7 Å². The number of carbonyl (C=O) groups excluding carboxylic acids is 2. The van der Waals surface area contributed by atoms with Crippen molar-refractivity contribution >= 4 is 38.1 Å². The van der Waals surface area contributed by atoms with Crippen molar-refractivity contribution in [3.8, 4) is 0 Å². The van der Waals surface area contributed by atoms with Crippen LogP contribution in [0.25, 0.3) is 0 Å². The second-order valence-electron chi connectivity index (χ2n) is 6.13. The van der Waals surface area contributed by atoms with Crippen molar-refractivity contribution in [1.29, 1.82) is 0 Å². The van der Waals surface area contributed by atoms with Crippen molar-refractivity contribution < 1.29 is 22.7 Å². The number of thiophene rings is 1. The molecule has 1 aromatic heterocycles. The summed E-state index contributed by atoms with van der Waals surface area (Å²) in [4.78, 5) is 26.0. The van der Waals surface area contributed by atoms with Crippen LogP contribution in [0.3, 0.4) is 0 Å². The Morgan fingerprint density at radius 1 is 1.15 bits per heavy atom. The quantitative estimate of drug-likeness (QED) is 0.807. The van der Waals surface area contributed by atoms with Crippen molar-refractivity contribution in [3.05, 3.63) is 45.8 Å². The molecule has 0 fully saturated rings. The Labute approximate surface area is 156 Å². The molecule has 1 aromatic carbocycles. The molecule has 2 aromatic rings. The summed E-state index contributed by atoms with van der Waals surface area (Å²) in [5.74, 6) is -1.05. The van der Waals surface area contributed by atoms with Gasteiger partial charge in [-0.1, -0.05) is 12.1 Å². The number of nitrogens with one attached hydrogen (secondary N) is 1. The summed E-state index contributed by atoms with van der Waals surface area (Å²) in [6.45, 7) is 0. The number of anilines is 1. The van der Waals surface area contributed by atoms with Gasteiger partial charge in [-0.15, -0.1) is 11.3 Å². The smallest absolute Gasteiger partial charge is 0.341 e. The average molecular weight is 393 g/mol. The van der Waals surface area contributed by atoms with E-state index < -0.39 is 21.7 Å². The van der Waals surface area contributed by atoms with Gasteiger partial charge >= 0.3 is 5.97 Å². The lowest BCUT2D eigenvalue weighted by molar-refractivity contribution is 0.0601. The number of sulfone groups is 1. The molecule has 0 saturated heterocycles. The molecular formula is C18H19NO5S2. The zero-order valence-corrected chi connectivity index (χ0v) is 16.1. The van der Waals surface area contributed by atoms with E-state index in [0.717, 1.165) is 42.4 Å². The Bertz CT molecular complexity index is 975. The first-order valence-corrected chi connectivity index (χ1v) is 10.9. The highest BCUT2D eigenvalue weighted by Crippen LogP contribution is 2.38. The van der Waals surface area contributed by atoms with Gasteiger partial charge in [0.2, 0.25) is 0 Å². The Kier molecular flexibility index (Phi) is 5.15. The number of aryl methyl sites for hydroxylation is 1. The van der Waals surface area contributed by atoms with Gasteiger partial charge in [-0.3, -0.25) is 4.79 Å². The molecule has 0 aliphatic heterocycles. The normalized spacial score (nSPS) is 13.8. The molecule has 1 amide bonds. The number of rotatable bonds is 4. The highest BCUT2D eigenvalue weighted by molar-refractivity contribution is 7.90. The Morgan fingerprint density at radius 2 is 1.85 bits per heavy atom. The number of amides is 1. The second kappa shape index (κ2) is 7.20. The van der Waals surface area contributed by atoms with Gasteiger partial charge in [0.15, 0.2) is 9.84 Å². The molecule has 1 heterocycles. The van der Waals surface area contributed by atoms with Crippen LogP contribution in [0, 0.1) is 0 Å². The van der Waals surface area contributed by atoms with E-state index >= 15 is 0 Å². The Hall–Kier alpha value is -2.19. The summed E-state index contributed by atoms with van der Waals surface area (Å²) < 4.78 is 28.8. The van der Waals surface area contributed by atoms with E-state index in [1.165, 1.54) is 30.6 Å². The highest BCUT2D eigenvalue weighted by atomic mass is 32.2. The van der Waals surface area contributed by atoms with Crippen LogP contribution in [0.2, 0.25) is 0 Å². The Balaban J connectivity index is 2.01. The molecule has 0 saturated carbocycles. The summed E-state index contributed by atoms with van der Waals surface area (Å²) in [7, 11) is -2.25. The number of benzene rings is 1. The molecule has 1 aliphatic rings. The van der Waals surface area contributed by atoms with Crippen LogP contribution in [0.5, 0.6) is 0 Å². The minimum absolute atomic E-state index is 0.0431. The van der Waals surface area contributed by atoms with Crippen molar-refractivity contribution in [2.24, 2.45) is 0 Å². The summed E-state index contributed by atoms with van der Waals surface area (Å²) >= 11 is 1.36.